The second-order valence-electron chi connectivity index (χ2n) is 16.7. The molecular formula is C62H39NO. The molecule has 13 rings (SSSR count). The quantitative estimate of drug-likeness (QED) is 0.156. The molecule has 13 aromatic rings. The van der Waals surface area contributed by atoms with E-state index in [0.717, 1.165) is 55.5 Å². The Kier molecular flexibility index (Phi) is 8.25. The Bertz CT molecular complexity index is 3960. The Morgan fingerprint density at radius 1 is 0.297 bits per heavy atom. The number of anilines is 3. The molecule has 1 aromatic heterocycles. The van der Waals surface area contributed by atoms with E-state index in [0.29, 0.717) is 0 Å². The first kappa shape index (κ1) is 36.2. The molecule has 0 aliphatic carbocycles. The third-order valence-corrected chi connectivity index (χ3v) is 13.2. The molecule has 0 spiro atoms. The molecule has 1 heterocycles. The van der Waals surface area contributed by atoms with Crippen LogP contribution in [0.5, 0.6) is 0 Å². The lowest BCUT2D eigenvalue weighted by Crippen LogP contribution is -2.11. The number of rotatable bonds is 6. The summed E-state index contributed by atoms with van der Waals surface area (Å²) in [6.07, 6.45) is 0. The fourth-order valence-corrected chi connectivity index (χ4v) is 10.4. The van der Waals surface area contributed by atoms with E-state index in [1.54, 1.807) is 0 Å². The maximum absolute atomic E-state index is 6.68. The van der Waals surface area contributed by atoms with E-state index < -0.39 is 0 Å². The number of hydrogen-bond acceptors (Lipinski definition) is 2. The highest BCUT2D eigenvalue weighted by atomic mass is 16.3. The van der Waals surface area contributed by atoms with Crippen LogP contribution in [0, 0.1) is 0 Å². The molecule has 0 N–H and O–H groups in total. The minimum absolute atomic E-state index is 0.886. The maximum Gasteiger partial charge on any atom is 0.143 e. The molecule has 0 unspecified atom stereocenters. The first-order valence-corrected chi connectivity index (χ1v) is 22.0. The van der Waals surface area contributed by atoms with Crippen LogP contribution in [0.1, 0.15) is 0 Å². The summed E-state index contributed by atoms with van der Waals surface area (Å²) < 4.78 is 6.68. The zero-order chi connectivity index (χ0) is 42.1. The molecule has 2 nitrogen and oxygen atoms in total. The van der Waals surface area contributed by atoms with Crippen molar-refractivity contribution in [3.63, 3.8) is 0 Å². The fraction of sp³-hybridized carbons (Fsp3) is 0. The average Bonchev–Trinajstić information content (AvgIpc) is 3.76. The normalized spacial score (nSPS) is 11.8. The molecule has 0 saturated carbocycles. The van der Waals surface area contributed by atoms with Crippen molar-refractivity contribution < 1.29 is 4.42 Å². The summed E-state index contributed by atoms with van der Waals surface area (Å²) in [6.45, 7) is 0. The molecular weight excluding hydrogens is 775 g/mol. The van der Waals surface area contributed by atoms with Crippen molar-refractivity contribution in [1.29, 1.82) is 0 Å². The number of furan rings is 1. The third kappa shape index (κ3) is 5.66. The molecule has 298 valence electrons. The number of nitrogens with zero attached hydrogens (tertiary/aromatic N) is 1. The number of benzene rings is 12. The topological polar surface area (TPSA) is 16.4 Å². The molecule has 64 heavy (non-hydrogen) atoms. The summed E-state index contributed by atoms with van der Waals surface area (Å²) >= 11 is 0. The van der Waals surface area contributed by atoms with E-state index in [4.69, 9.17) is 4.42 Å². The van der Waals surface area contributed by atoms with E-state index in [-0.39, 0.29) is 0 Å². The molecule has 0 saturated heterocycles. The minimum atomic E-state index is 0.886. The zero-order valence-electron chi connectivity index (χ0n) is 34.9. The van der Waals surface area contributed by atoms with Crippen LogP contribution >= 0.6 is 0 Å². The molecule has 0 atom stereocenters. The Labute approximate surface area is 370 Å². The predicted octanol–water partition coefficient (Wildman–Crippen LogP) is 17.8. The lowest BCUT2D eigenvalue weighted by atomic mass is 9.85. The number of hydrogen-bond donors (Lipinski definition) is 0. The summed E-state index contributed by atoms with van der Waals surface area (Å²) in [5.74, 6) is 0. The maximum atomic E-state index is 6.68. The zero-order valence-corrected chi connectivity index (χ0v) is 34.9. The van der Waals surface area contributed by atoms with Crippen LogP contribution in [0.4, 0.5) is 17.1 Å². The summed E-state index contributed by atoms with van der Waals surface area (Å²) in [6, 6.07) is 86.2. The Morgan fingerprint density at radius 3 is 1.61 bits per heavy atom. The van der Waals surface area contributed by atoms with Gasteiger partial charge in [0.2, 0.25) is 0 Å². The van der Waals surface area contributed by atoms with Gasteiger partial charge in [0.25, 0.3) is 0 Å². The number of fused-ring (bicyclic) bond motifs is 11. The van der Waals surface area contributed by atoms with Gasteiger partial charge in [-0.15, -0.1) is 0 Å². The highest BCUT2D eigenvalue weighted by Crippen LogP contribution is 2.49. The summed E-state index contributed by atoms with van der Waals surface area (Å²) in [7, 11) is 0. The van der Waals surface area contributed by atoms with Crippen molar-refractivity contribution >= 4 is 92.9 Å². The predicted molar refractivity (Wildman–Crippen MR) is 272 cm³/mol. The Morgan fingerprint density at radius 2 is 0.828 bits per heavy atom. The molecule has 0 aliphatic rings. The van der Waals surface area contributed by atoms with E-state index in [9.17, 15) is 0 Å². The first-order chi connectivity index (χ1) is 31.8. The molecule has 0 aliphatic heterocycles. The Balaban J connectivity index is 1.10. The van der Waals surface area contributed by atoms with Crippen LogP contribution in [0.3, 0.4) is 0 Å². The van der Waals surface area contributed by atoms with Crippen molar-refractivity contribution in [2.75, 3.05) is 4.90 Å². The molecule has 12 aromatic carbocycles. The lowest BCUT2D eigenvalue weighted by molar-refractivity contribution is 0.673. The van der Waals surface area contributed by atoms with Crippen molar-refractivity contribution in [3.05, 3.63) is 237 Å². The van der Waals surface area contributed by atoms with Crippen LogP contribution in [-0.2, 0) is 0 Å². The van der Waals surface area contributed by atoms with E-state index in [2.05, 4.69) is 241 Å². The van der Waals surface area contributed by atoms with Crippen molar-refractivity contribution in [3.8, 4) is 33.4 Å². The van der Waals surface area contributed by atoms with Gasteiger partial charge in [-0.25, -0.2) is 0 Å². The van der Waals surface area contributed by atoms with Crippen molar-refractivity contribution in [2.45, 2.75) is 0 Å². The highest BCUT2D eigenvalue weighted by Gasteiger charge is 2.23. The van der Waals surface area contributed by atoms with Gasteiger partial charge < -0.3 is 9.32 Å². The van der Waals surface area contributed by atoms with Crippen LogP contribution in [-0.4, -0.2) is 0 Å². The first-order valence-electron chi connectivity index (χ1n) is 22.0. The second-order valence-corrected chi connectivity index (χ2v) is 16.7. The molecule has 0 radical (unpaired) electrons. The monoisotopic (exact) mass is 813 g/mol. The van der Waals surface area contributed by atoms with E-state index in [1.807, 2.05) is 0 Å². The van der Waals surface area contributed by atoms with Gasteiger partial charge >= 0.3 is 0 Å². The van der Waals surface area contributed by atoms with Crippen molar-refractivity contribution in [2.24, 2.45) is 0 Å². The van der Waals surface area contributed by atoms with Crippen LogP contribution in [0.25, 0.3) is 109 Å². The summed E-state index contributed by atoms with van der Waals surface area (Å²) in [5, 5.41) is 14.3. The van der Waals surface area contributed by atoms with E-state index >= 15 is 0 Å². The van der Waals surface area contributed by atoms with Crippen LogP contribution in [0.15, 0.2) is 241 Å². The highest BCUT2D eigenvalue weighted by molar-refractivity contribution is 6.23. The molecule has 0 amide bonds. The van der Waals surface area contributed by atoms with Gasteiger partial charge in [-0.3, -0.25) is 0 Å². The van der Waals surface area contributed by atoms with Crippen LogP contribution in [0.2, 0.25) is 0 Å². The van der Waals surface area contributed by atoms with Gasteiger partial charge in [-0.05, 0) is 119 Å². The average molecular weight is 814 g/mol. The van der Waals surface area contributed by atoms with E-state index in [1.165, 1.54) is 70.7 Å². The standard InChI is InChI=1S/C62H39NO/c1-3-18-42(19-4-1)59-54-27-12-11-26-51(54)52-37-34-46(39-56(52)60(59)43-20-5-2-6-21-43)63(57-30-14-29-50-47-24-9-7-16-40(47)32-35-53(50)57)45-23-13-22-44(38-45)48-28-15-31-58-61(48)55-36-33-41-17-8-10-25-49(41)62(55)64-58/h1-39H. The van der Waals surface area contributed by atoms with Gasteiger partial charge in [-0.1, -0.05) is 194 Å². The van der Waals surface area contributed by atoms with Gasteiger partial charge in [0, 0.05) is 32.9 Å². The largest absolute Gasteiger partial charge is 0.455 e. The van der Waals surface area contributed by atoms with Gasteiger partial charge in [0.1, 0.15) is 11.2 Å². The van der Waals surface area contributed by atoms with Gasteiger partial charge in [0.05, 0.1) is 5.69 Å². The molecule has 0 fully saturated rings. The molecule has 2 heteroatoms. The SMILES string of the molecule is c1ccc(-c2c(-c3ccccc3)c3cc(N(c4cccc(-c5cccc6oc7c8ccccc8ccc7c56)c4)c4cccc5c4ccc4ccccc45)ccc3c3ccccc23)cc1. The van der Waals surface area contributed by atoms with Crippen molar-refractivity contribution in [1.82, 2.24) is 0 Å². The van der Waals surface area contributed by atoms with Gasteiger partial charge in [-0.2, -0.15) is 0 Å². The van der Waals surface area contributed by atoms with Gasteiger partial charge in [0.15, 0.2) is 0 Å². The third-order valence-electron chi connectivity index (χ3n) is 13.2. The smallest absolute Gasteiger partial charge is 0.143 e. The second kappa shape index (κ2) is 14.6. The Hall–Kier alpha value is -8.46. The molecule has 0 bridgehead atoms. The summed E-state index contributed by atoms with van der Waals surface area (Å²) in [4.78, 5) is 2.47. The lowest BCUT2D eigenvalue weighted by Gasteiger charge is -2.28. The summed E-state index contributed by atoms with van der Waals surface area (Å²) in [5.41, 5.74) is 12.2. The minimum Gasteiger partial charge on any atom is -0.455 e. The fourth-order valence-electron chi connectivity index (χ4n) is 10.4. The van der Waals surface area contributed by atoms with Crippen LogP contribution < -0.4 is 4.90 Å².